The summed E-state index contributed by atoms with van der Waals surface area (Å²) >= 11 is 0. The normalized spacial score (nSPS) is 10.5. The molecule has 4 nitrogen and oxygen atoms in total. The fourth-order valence-corrected chi connectivity index (χ4v) is 2.27. The number of ketones is 2. The van der Waals surface area contributed by atoms with Crippen LogP contribution in [0.15, 0.2) is 60.8 Å². The van der Waals surface area contributed by atoms with Gasteiger partial charge in [-0.25, -0.2) is 9.07 Å². The van der Waals surface area contributed by atoms with Crippen molar-refractivity contribution in [2.75, 3.05) is 0 Å². The average molecular weight is 308 g/mol. The lowest BCUT2D eigenvalue weighted by Crippen LogP contribution is -2.06. The first kappa shape index (κ1) is 14.8. The molecule has 2 aromatic carbocycles. The Morgan fingerprint density at radius 3 is 2.26 bits per heavy atom. The Labute approximate surface area is 132 Å². The van der Waals surface area contributed by atoms with E-state index in [9.17, 15) is 14.0 Å². The van der Waals surface area contributed by atoms with Gasteiger partial charge in [-0.1, -0.05) is 30.3 Å². The Morgan fingerprint density at radius 2 is 1.65 bits per heavy atom. The summed E-state index contributed by atoms with van der Waals surface area (Å²) in [5, 5.41) is 4.18. The molecular formula is C18H13FN2O2. The van der Waals surface area contributed by atoms with Gasteiger partial charge in [-0.15, -0.1) is 0 Å². The van der Waals surface area contributed by atoms with Gasteiger partial charge in [0.25, 0.3) is 0 Å². The van der Waals surface area contributed by atoms with Crippen molar-refractivity contribution in [3.63, 3.8) is 0 Å². The van der Waals surface area contributed by atoms with E-state index in [1.165, 1.54) is 42.1 Å². The third-order valence-corrected chi connectivity index (χ3v) is 3.42. The maximum absolute atomic E-state index is 13.0. The van der Waals surface area contributed by atoms with Gasteiger partial charge in [0.2, 0.25) is 0 Å². The highest BCUT2D eigenvalue weighted by molar-refractivity contribution is 6.14. The standard InChI is InChI=1S/C18H13FN2O2/c1-12(22)17-16(18(23)13-5-3-2-4-6-13)11-21(20-17)15-9-7-14(19)8-10-15/h2-11H,1H3. The van der Waals surface area contributed by atoms with E-state index in [-0.39, 0.29) is 28.6 Å². The molecule has 1 aromatic heterocycles. The molecule has 0 saturated heterocycles. The molecule has 114 valence electrons. The van der Waals surface area contributed by atoms with E-state index in [1.807, 2.05) is 6.07 Å². The third-order valence-electron chi connectivity index (χ3n) is 3.42. The van der Waals surface area contributed by atoms with Crippen molar-refractivity contribution in [2.45, 2.75) is 6.92 Å². The van der Waals surface area contributed by atoms with Crippen molar-refractivity contribution in [3.8, 4) is 5.69 Å². The van der Waals surface area contributed by atoms with E-state index in [1.54, 1.807) is 24.3 Å². The number of aromatic nitrogens is 2. The van der Waals surface area contributed by atoms with Gasteiger partial charge in [0.05, 0.1) is 11.3 Å². The fraction of sp³-hybridized carbons (Fsp3) is 0.0556. The van der Waals surface area contributed by atoms with Crippen LogP contribution < -0.4 is 0 Å². The first-order valence-electron chi connectivity index (χ1n) is 7.02. The van der Waals surface area contributed by atoms with Gasteiger partial charge < -0.3 is 0 Å². The quantitative estimate of drug-likeness (QED) is 0.694. The van der Waals surface area contributed by atoms with Crippen molar-refractivity contribution >= 4 is 11.6 Å². The van der Waals surface area contributed by atoms with Gasteiger partial charge in [0.1, 0.15) is 11.5 Å². The van der Waals surface area contributed by atoms with Gasteiger partial charge in [0.15, 0.2) is 11.6 Å². The second-order valence-corrected chi connectivity index (χ2v) is 5.06. The predicted molar refractivity (Wildman–Crippen MR) is 83.4 cm³/mol. The lowest BCUT2D eigenvalue weighted by atomic mass is 10.0. The van der Waals surface area contributed by atoms with Crippen molar-refractivity contribution in [2.24, 2.45) is 0 Å². The molecule has 5 heteroatoms. The van der Waals surface area contributed by atoms with Crippen LogP contribution in [0, 0.1) is 5.82 Å². The smallest absolute Gasteiger partial charge is 0.196 e. The number of rotatable bonds is 4. The van der Waals surface area contributed by atoms with Gasteiger partial charge in [0, 0.05) is 18.7 Å². The molecule has 1 heterocycles. The van der Waals surface area contributed by atoms with E-state index in [0.29, 0.717) is 11.3 Å². The van der Waals surface area contributed by atoms with Crippen LogP contribution in [0.5, 0.6) is 0 Å². The third kappa shape index (κ3) is 2.94. The maximum Gasteiger partial charge on any atom is 0.196 e. The van der Waals surface area contributed by atoms with E-state index < -0.39 is 0 Å². The molecule has 0 unspecified atom stereocenters. The molecule has 3 rings (SSSR count). The molecule has 0 radical (unpaired) electrons. The van der Waals surface area contributed by atoms with Crippen LogP contribution in [-0.2, 0) is 0 Å². The molecule has 0 amide bonds. The number of nitrogens with zero attached hydrogens (tertiary/aromatic N) is 2. The molecule has 3 aromatic rings. The zero-order valence-corrected chi connectivity index (χ0v) is 12.4. The molecule has 0 aliphatic carbocycles. The number of hydrogen-bond donors (Lipinski definition) is 0. The monoisotopic (exact) mass is 308 g/mol. The summed E-state index contributed by atoms with van der Waals surface area (Å²) < 4.78 is 14.4. The number of carbonyl (C=O) groups excluding carboxylic acids is 2. The highest BCUT2D eigenvalue weighted by Crippen LogP contribution is 2.17. The van der Waals surface area contributed by atoms with E-state index in [4.69, 9.17) is 0 Å². The van der Waals surface area contributed by atoms with Crippen molar-refractivity contribution < 1.29 is 14.0 Å². The van der Waals surface area contributed by atoms with Crippen LogP contribution in [0.3, 0.4) is 0 Å². The lowest BCUT2D eigenvalue weighted by Gasteiger charge is -2.00. The summed E-state index contributed by atoms with van der Waals surface area (Å²) in [5.74, 6) is -0.942. The summed E-state index contributed by atoms with van der Waals surface area (Å²) in [7, 11) is 0. The van der Waals surface area contributed by atoms with Crippen molar-refractivity contribution in [1.82, 2.24) is 9.78 Å². The van der Waals surface area contributed by atoms with Gasteiger partial charge in [-0.2, -0.15) is 5.10 Å². The minimum Gasteiger partial charge on any atom is -0.293 e. The molecule has 0 fully saturated rings. The Kier molecular flexibility index (Phi) is 3.85. The number of Topliss-reactive ketones (excluding diaryl/α,β-unsaturated/α-hetero) is 1. The van der Waals surface area contributed by atoms with Crippen LogP contribution in [0.2, 0.25) is 0 Å². The Bertz CT molecular complexity index is 868. The van der Waals surface area contributed by atoms with Crippen LogP contribution in [0.1, 0.15) is 33.3 Å². The molecule has 0 aliphatic rings. The molecule has 0 saturated carbocycles. The first-order chi connectivity index (χ1) is 11.1. The van der Waals surface area contributed by atoms with Crippen LogP contribution >= 0.6 is 0 Å². The van der Waals surface area contributed by atoms with E-state index >= 15 is 0 Å². The highest BCUT2D eigenvalue weighted by Gasteiger charge is 2.21. The molecule has 0 spiro atoms. The Balaban J connectivity index is 2.08. The zero-order chi connectivity index (χ0) is 16.4. The summed E-state index contributed by atoms with van der Waals surface area (Å²) in [6.45, 7) is 1.36. The predicted octanol–water partition coefficient (Wildman–Crippen LogP) is 3.45. The lowest BCUT2D eigenvalue weighted by molar-refractivity contribution is 0.0987. The topological polar surface area (TPSA) is 52.0 Å². The minimum absolute atomic E-state index is 0.100. The SMILES string of the molecule is CC(=O)c1nn(-c2ccc(F)cc2)cc1C(=O)c1ccccc1. The maximum atomic E-state index is 13.0. The number of benzene rings is 2. The number of halogens is 1. The minimum atomic E-state index is -0.367. The Hall–Kier alpha value is -3.08. The first-order valence-corrected chi connectivity index (χ1v) is 7.02. The molecule has 0 atom stereocenters. The zero-order valence-electron chi connectivity index (χ0n) is 12.4. The number of hydrogen-bond acceptors (Lipinski definition) is 3. The molecule has 0 aliphatic heterocycles. The van der Waals surface area contributed by atoms with Gasteiger partial charge in [-0.3, -0.25) is 9.59 Å². The summed E-state index contributed by atoms with van der Waals surface area (Å²) in [6, 6.07) is 14.3. The van der Waals surface area contributed by atoms with Crippen LogP contribution in [0.4, 0.5) is 4.39 Å². The highest BCUT2D eigenvalue weighted by atomic mass is 19.1. The van der Waals surface area contributed by atoms with Crippen molar-refractivity contribution in [1.29, 1.82) is 0 Å². The molecule has 23 heavy (non-hydrogen) atoms. The van der Waals surface area contributed by atoms with Crippen LogP contribution in [0.25, 0.3) is 5.69 Å². The Morgan fingerprint density at radius 1 is 1.00 bits per heavy atom. The number of carbonyl (C=O) groups is 2. The second kappa shape index (κ2) is 5.96. The van der Waals surface area contributed by atoms with E-state index in [2.05, 4.69) is 5.10 Å². The summed E-state index contributed by atoms with van der Waals surface area (Å²) in [5.41, 5.74) is 1.38. The second-order valence-electron chi connectivity index (χ2n) is 5.06. The largest absolute Gasteiger partial charge is 0.293 e. The molecule has 0 N–H and O–H groups in total. The molecular weight excluding hydrogens is 295 g/mol. The summed E-state index contributed by atoms with van der Waals surface area (Å²) in [6.07, 6.45) is 1.50. The van der Waals surface area contributed by atoms with Gasteiger partial charge >= 0.3 is 0 Å². The average Bonchev–Trinajstić information content (AvgIpc) is 3.01. The van der Waals surface area contributed by atoms with Crippen LogP contribution in [-0.4, -0.2) is 21.3 Å². The fourth-order valence-electron chi connectivity index (χ4n) is 2.27. The van der Waals surface area contributed by atoms with E-state index in [0.717, 1.165) is 0 Å². The van der Waals surface area contributed by atoms with Gasteiger partial charge in [-0.05, 0) is 24.3 Å². The van der Waals surface area contributed by atoms with Crippen molar-refractivity contribution in [3.05, 3.63) is 83.4 Å². The molecule has 0 bridgehead atoms. The summed E-state index contributed by atoms with van der Waals surface area (Å²) in [4.78, 5) is 24.4.